The predicted octanol–water partition coefficient (Wildman–Crippen LogP) is 4.50. The van der Waals surface area contributed by atoms with Crippen LogP contribution in [0.5, 0.6) is 0 Å². The molecule has 0 unspecified atom stereocenters. The third-order valence-corrected chi connectivity index (χ3v) is 3.56. The zero-order valence-corrected chi connectivity index (χ0v) is 11.5. The molecule has 0 saturated heterocycles. The standard InChI is InChI=1S/C16H11ClFNO/c1-9-3-2-4-12(15(9)18)16(20)13-8-19-14-7-10(17)5-6-11(13)14/h2-8,19H,1H3. The number of hydrogen-bond donors (Lipinski definition) is 1. The van der Waals surface area contributed by atoms with Gasteiger partial charge in [0.1, 0.15) is 5.82 Å². The van der Waals surface area contributed by atoms with Crippen LogP contribution in [-0.2, 0) is 0 Å². The highest BCUT2D eigenvalue weighted by Gasteiger charge is 2.18. The monoisotopic (exact) mass is 287 g/mol. The molecule has 1 aromatic heterocycles. The van der Waals surface area contributed by atoms with E-state index in [4.69, 9.17) is 11.6 Å². The molecule has 0 saturated carbocycles. The number of aromatic amines is 1. The molecule has 0 aliphatic heterocycles. The maximum absolute atomic E-state index is 14.1. The van der Waals surface area contributed by atoms with Crippen LogP contribution in [0.15, 0.2) is 42.6 Å². The fourth-order valence-electron chi connectivity index (χ4n) is 2.25. The van der Waals surface area contributed by atoms with Crippen LogP contribution in [0.1, 0.15) is 21.5 Å². The van der Waals surface area contributed by atoms with Gasteiger partial charge in [-0.05, 0) is 30.7 Å². The van der Waals surface area contributed by atoms with Crippen LogP contribution in [0.3, 0.4) is 0 Å². The molecule has 1 N–H and O–H groups in total. The van der Waals surface area contributed by atoms with E-state index in [0.717, 1.165) is 10.9 Å². The molecule has 0 spiro atoms. The summed E-state index contributed by atoms with van der Waals surface area (Å²) in [6.45, 7) is 1.64. The molecule has 1 heterocycles. The van der Waals surface area contributed by atoms with E-state index in [1.807, 2.05) is 0 Å². The summed E-state index contributed by atoms with van der Waals surface area (Å²) in [6.07, 6.45) is 1.59. The quantitative estimate of drug-likeness (QED) is 0.692. The van der Waals surface area contributed by atoms with Gasteiger partial charge in [0.25, 0.3) is 0 Å². The van der Waals surface area contributed by atoms with Gasteiger partial charge < -0.3 is 4.98 Å². The Morgan fingerprint density at radius 1 is 1.20 bits per heavy atom. The Morgan fingerprint density at radius 2 is 2.00 bits per heavy atom. The maximum Gasteiger partial charge on any atom is 0.198 e. The first-order chi connectivity index (χ1) is 9.58. The average molecular weight is 288 g/mol. The van der Waals surface area contributed by atoms with Crippen molar-refractivity contribution >= 4 is 28.3 Å². The van der Waals surface area contributed by atoms with E-state index >= 15 is 0 Å². The second kappa shape index (κ2) is 4.76. The van der Waals surface area contributed by atoms with Gasteiger partial charge in [0.15, 0.2) is 5.78 Å². The van der Waals surface area contributed by atoms with Gasteiger partial charge in [-0.25, -0.2) is 4.39 Å². The topological polar surface area (TPSA) is 32.9 Å². The molecule has 0 aliphatic rings. The molecular formula is C16H11ClFNO. The number of carbonyl (C=O) groups is 1. The number of carbonyl (C=O) groups excluding carboxylic acids is 1. The Kier molecular flexibility index (Phi) is 3.07. The number of H-pyrrole nitrogens is 1. The summed E-state index contributed by atoms with van der Waals surface area (Å²) < 4.78 is 14.1. The minimum absolute atomic E-state index is 0.0841. The van der Waals surface area contributed by atoms with Crippen LogP contribution in [0.2, 0.25) is 5.02 Å². The Balaban J connectivity index is 2.16. The summed E-state index contributed by atoms with van der Waals surface area (Å²) in [5.41, 5.74) is 1.75. The zero-order chi connectivity index (χ0) is 14.3. The Bertz CT molecular complexity index is 822. The van der Waals surface area contributed by atoms with Crippen molar-refractivity contribution in [1.82, 2.24) is 4.98 Å². The molecule has 4 heteroatoms. The number of benzene rings is 2. The molecule has 3 aromatic rings. The van der Waals surface area contributed by atoms with Crippen LogP contribution in [0, 0.1) is 12.7 Å². The zero-order valence-electron chi connectivity index (χ0n) is 10.7. The lowest BCUT2D eigenvalue weighted by Gasteiger charge is -2.04. The van der Waals surface area contributed by atoms with Gasteiger partial charge in [-0.2, -0.15) is 0 Å². The first-order valence-electron chi connectivity index (χ1n) is 6.14. The van der Waals surface area contributed by atoms with Crippen LogP contribution < -0.4 is 0 Å². The second-order valence-corrected chi connectivity index (χ2v) is 5.09. The first-order valence-corrected chi connectivity index (χ1v) is 6.52. The van der Waals surface area contributed by atoms with Gasteiger partial charge in [0.2, 0.25) is 0 Å². The number of nitrogens with one attached hydrogen (secondary N) is 1. The van der Waals surface area contributed by atoms with Crippen molar-refractivity contribution in [2.24, 2.45) is 0 Å². The van der Waals surface area contributed by atoms with Gasteiger partial charge in [-0.1, -0.05) is 29.8 Å². The summed E-state index contributed by atoms with van der Waals surface area (Å²) in [4.78, 5) is 15.5. The van der Waals surface area contributed by atoms with Gasteiger partial charge >= 0.3 is 0 Å². The Morgan fingerprint density at radius 3 is 2.80 bits per heavy atom. The molecule has 0 atom stereocenters. The molecular weight excluding hydrogens is 277 g/mol. The van der Waals surface area contributed by atoms with E-state index in [1.54, 1.807) is 43.5 Å². The lowest BCUT2D eigenvalue weighted by atomic mass is 10.0. The summed E-state index contributed by atoms with van der Waals surface area (Å²) >= 11 is 5.91. The van der Waals surface area contributed by atoms with Crippen LogP contribution >= 0.6 is 11.6 Å². The smallest absolute Gasteiger partial charge is 0.198 e. The van der Waals surface area contributed by atoms with Gasteiger partial charge in [-0.15, -0.1) is 0 Å². The van der Waals surface area contributed by atoms with Crippen LogP contribution in [0.4, 0.5) is 4.39 Å². The summed E-state index contributed by atoms with van der Waals surface area (Å²) in [7, 11) is 0. The number of halogens is 2. The second-order valence-electron chi connectivity index (χ2n) is 4.66. The normalized spacial score (nSPS) is 10.9. The average Bonchev–Trinajstić information content (AvgIpc) is 2.84. The highest BCUT2D eigenvalue weighted by atomic mass is 35.5. The van der Waals surface area contributed by atoms with E-state index < -0.39 is 5.82 Å². The van der Waals surface area contributed by atoms with Gasteiger partial charge in [0.05, 0.1) is 5.56 Å². The third-order valence-electron chi connectivity index (χ3n) is 3.32. The van der Waals surface area contributed by atoms with Crippen molar-refractivity contribution in [3.8, 4) is 0 Å². The molecule has 0 fully saturated rings. The summed E-state index contributed by atoms with van der Waals surface area (Å²) in [6, 6.07) is 10.0. The number of ketones is 1. The molecule has 0 radical (unpaired) electrons. The van der Waals surface area contributed by atoms with Crippen molar-refractivity contribution in [3.63, 3.8) is 0 Å². The Hall–Kier alpha value is -2.13. The first kappa shape index (κ1) is 12.9. The molecule has 0 aliphatic carbocycles. The summed E-state index contributed by atoms with van der Waals surface area (Å²) in [5.74, 6) is -0.805. The van der Waals surface area contributed by atoms with Crippen LogP contribution in [0.25, 0.3) is 10.9 Å². The van der Waals surface area contributed by atoms with Crippen molar-refractivity contribution in [2.45, 2.75) is 6.92 Å². The van der Waals surface area contributed by atoms with E-state index in [1.165, 1.54) is 6.07 Å². The highest BCUT2D eigenvalue weighted by Crippen LogP contribution is 2.25. The lowest BCUT2D eigenvalue weighted by molar-refractivity contribution is 0.103. The molecule has 2 nitrogen and oxygen atoms in total. The number of fused-ring (bicyclic) bond motifs is 1. The van der Waals surface area contributed by atoms with E-state index in [0.29, 0.717) is 16.1 Å². The summed E-state index contributed by atoms with van der Waals surface area (Å²) in [5, 5.41) is 1.32. The van der Waals surface area contributed by atoms with Crippen molar-refractivity contribution in [2.75, 3.05) is 0 Å². The van der Waals surface area contributed by atoms with Gasteiger partial charge in [0, 0.05) is 27.7 Å². The Labute approximate surface area is 120 Å². The van der Waals surface area contributed by atoms with E-state index in [9.17, 15) is 9.18 Å². The van der Waals surface area contributed by atoms with Crippen LogP contribution in [-0.4, -0.2) is 10.8 Å². The molecule has 0 amide bonds. The molecule has 0 bridgehead atoms. The molecule has 2 aromatic carbocycles. The van der Waals surface area contributed by atoms with Gasteiger partial charge in [-0.3, -0.25) is 4.79 Å². The molecule has 100 valence electrons. The van der Waals surface area contributed by atoms with Crippen molar-refractivity contribution < 1.29 is 9.18 Å². The minimum Gasteiger partial charge on any atom is -0.360 e. The third kappa shape index (κ3) is 2.00. The number of aryl methyl sites for hydroxylation is 1. The lowest BCUT2D eigenvalue weighted by Crippen LogP contribution is -2.04. The molecule has 20 heavy (non-hydrogen) atoms. The van der Waals surface area contributed by atoms with Crippen molar-refractivity contribution in [3.05, 3.63) is 70.1 Å². The minimum atomic E-state index is -0.471. The van der Waals surface area contributed by atoms with Crippen molar-refractivity contribution in [1.29, 1.82) is 0 Å². The fourth-order valence-corrected chi connectivity index (χ4v) is 2.43. The fraction of sp³-hybridized carbons (Fsp3) is 0.0625. The van der Waals surface area contributed by atoms with E-state index in [-0.39, 0.29) is 11.3 Å². The maximum atomic E-state index is 14.1. The predicted molar refractivity (Wildman–Crippen MR) is 77.9 cm³/mol. The largest absolute Gasteiger partial charge is 0.360 e. The SMILES string of the molecule is Cc1cccc(C(=O)c2c[nH]c3cc(Cl)ccc23)c1F. The van der Waals surface area contributed by atoms with E-state index in [2.05, 4.69) is 4.98 Å². The number of rotatable bonds is 2. The highest BCUT2D eigenvalue weighted by molar-refractivity contribution is 6.31. The number of aromatic nitrogens is 1. The molecule has 3 rings (SSSR count). The number of hydrogen-bond acceptors (Lipinski definition) is 1.